The fraction of sp³-hybridized carbons (Fsp3) is 0.500. The zero-order valence-electron chi connectivity index (χ0n) is 12.3. The summed E-state index contributed by atoms with van der Waals surface area (Å²) < 4.78 is 5.19. The van der Waals surface area contributed by atoms with E-state index < -0.39 is 0 Å². The fourth-order valence-corrected chi connectivity index (χ4v) is 2.68. The maximum Gasteiger partial charge on any atom is 0.258 e. The molecule has 0 saturated carbocycles. The molecule has 2 aromatic rings. The molecule has 1 atom stereocenters. The Morgan fingerprint density at radius 2 is 2.24 bits per heavy atom. The van der Waals surface area contributed by atoms with Crippen molar-refractivity contribution in [2.24, 2.45) is 0 Å². The van der Waals surface area contributed by atoms with Gasteiger partial charge in [-0.05, 0) is 26.8 Å². The quantitative estimate of drug-likeness (QED) is 0.868. The van der Waals surface area contributed by atoms with Gasteiger partial charge in [-0.25, -0.2) is 4.98 Å². The molecule has 2 aromatic heterocycles. The highest BCUT2D eigenvalue weighted by Crippen LogP contribution is 2.24. The Kier molecular flexibility index (Phi) is 4.49. The summed E-state index contributed by atoms with van der Waals surface area (Å²) in [6.45, 7) is 8.10. The van der Waals surface area contributed by atoms with Crippen molar-refractivity contribution in [1.82, 2.24) is 20.4 Å². The smallest absolute Gasteiger partial charge is 0.258 e. The number of nitrogens with zero attached hydrogens (tertiary/aromatic N) is 3. The minimum atomic E-state index is 0. The minimum absolute atomic E-state index is 0. The van der Waals surface area contributed by atoms with Gasteiger partial charge in [0.2, 0.25) is 0 Å². The van der Waals surface area contributed by atoms with E-state index in [1.807, 2.05) is 24.8 Å². The fourth-order valence-electron chi connectivity index (χ4n) is 2.68. The number of fused-ring (bicyclic) bond motifs is 1. The van der Waals surface area contributed by atoms with Crippen LogP contribution >= 0.6 is 12.4 Å². The van der Waals surface area contributed by atoms with Gasteiger partial charge in [0.25, 0.3) is 11.6 Å². The minimum Gasteiger partial charge on any atom is -0.336 e. The van der Waals surface area contributed by atoms with Gasteiger partial charge >= 0.3 is 0 Å². The van der Waals surface area contributed by atoms with Crippen molar-refractivity contribution < 1.29 is 9.32 Å². The average Bonchev–Trinajstić information content (AvgIpc) is 2.79. The Hall–Kier alpha value is -1.66. The second-order valence-electron chi connectivity index (χ2n) is 5.31. The molecule has 0 unspecified atom stereocenters. The van der Waals surface area contributed by atoms with Crippen molar-refractivity contribution in [1.29, 1.82) is 0 Å². The molecule has 1 aliphatic heterocycles. The predicted octanol–water partition coefficient (Wildman–Crippen LogP) is 1.70. The Morgan fingerprint density at radius 3 is 2.95 bits per heavy atom. The first-order valence-electron chi connectivity index (χ1n) is 6.83. The Bertz CT molecular complexity index is 670. The molecule has 0 bridgehead atoms. The van der Waals surface area contributed by atoms with Crippen LogP contribution in [-0.4, -0.2) is 46.6 Å². The number of carbonyl (C=O) groups excluding carboxylic acids is 1. The van der Waals surface area contributed by atoms with E-state index in [0.29, 0.717) is 23.5 Å². The third-order valence-corrected chi connectivity index (χ3v) is 3.74. The molecule has 0 aliphatic carbocycles. The summed E-state index contributed by atoms with van der Waals surface area (Å²) >= 11 is 0. The third-order valence-electron chi connectivity index (χ3n) is 3.74. The largest absolute Gasteiger partial charge is 0.336 e. The summed E-state index contributed by atoms with van der Waals surface area (Å²) in [5, 5.41) is 7.94. The van der Waals surface area contributed by atoms with Gasteiger partial charge < -0.3 is 14.7 Å². The monoisotopic (exact) mass is 310 g/mol. The highest BCUT2D eigenvalue weighted by molar-refractivity contribution is 6.06. The van der Waals surface area contributed by atoms with E-state index in [0.717, 1.165) is 24.2 Å². The predicted molar refractivity (Wildman–Crippen MR) is 81.9 cm³/mol. The van der Waals surface area contributed by atoms with Crippen molar-refractivity contribution in [3.63, 3.8) is 0 Å². The molecule has 3 heterocycles. The first-order chi connectivity index (χ1) is 9.58. The molecule has 6 nitrogen and oxygen atoms in total. The second kappa shape index (κ2) is 5.99. The summed E-state index contributed by atoms with van der Waals surface area (Å²) in [4.78, 5) is 19.0. The number of hydrogen-bond acceptors (Lipinski definition) is 5. The van der Waals surface area contributed by atoms with Crippen LogP contribution in [0.3, 0.4) is 0 Å². The van der Waals surface area contributed by atoms with Crippen LogP contribution in [0.2, 0.25) is 0 Å². The molecule has 7 heteroatoms. The van der Waals surface area contributed by atoms with E-state index in [1.54, 1.807) is 0 Å². The molecule has 3 rings (SSSR count). The lowest BCUT2D eigenvalue weighted by Gasteiger charge is -2.34. The first kappa shape index (κ1) is 15.7. The summed E-state index contributed by atoms with van der Waals surface area (Å²) in [7, 11) is 0. The molecule has 0 radical (unpaired) electrons. The van der Waals surface area contributed by atoms with E-state index in [9.17, 15) is 4.79 Å². The normalized spacial score (nSPS) is 18.6. The molecular weight excluding hydrogens is 292 g/mol. The van der Waals surface area contributed by atoms with Crippen LogP contribution in [0.25, 0.3) is 11.1 Å². The maximum atomic E-state index is 12.8. The molecule has 1 amide bonds. The molecular formula is C14H19ClN4O2. The van der Waals surface area contributed by atoms with Crippen LogP contribution < -0.4 is 5.32 Å². The molecule has 0 aromatic carbocycles. The molecule has 114 valence electrons. The summed E-state index contributed by atoms with van der Waals surface area (Å²) in [6, 6.07) is 2.00. The standard InChI is InChI=1S/C14H18N4O2.ClH/c1-8-6-11(12-10(3)17-20-13(12)16-8)14(19)18-5-4-15-7-9(18)2;/h6,9,15H,4-5,7H2,1-3H3;1H/t9-;/m1./s1. The van der Waals surface area contributed by atoms with E-state index in [-0.39, 0.29) is 24.4 Å². The van der Waals surface area contributed by atoms with Gasteiger partial charge in [-0.15, -0.1) is 12.4 Å². The number of nitrogens with one attached hydrogen (secondary N) is 1. The summed E-state index contributed by atoms with van der Waals surface area (Å²) in [5.41, 5.74) is 2.55. The third kappa shape index (κ3) is 2.73. The van der Waals surface area contributed by atoms with E-state index in [4.69, 9.17) is 4.52 Å². The maximum absolute atomic E-state index is 12.8. The number of piperazine rings is 1. The van der Waals surface area contributed by atoms with Gasteiger partial charge in [0.15, 0.2) is 0 Å². The van der Waals surface area contributed by atoms with Gasteiger partial charge in [-0.2, -0.15) is 0 Å². The molecule has 21 heavy (non-hydrogen) atoms. The summed E-state index contributed by atoms with van der Waals surface area (Å²) in [6.07, 6.45) is 0. The lowest BCUT2D eigenvalue weighted by atomic mass is 10.1. The van der Waals surface area contributed by atoms with Crippen molar-refractivity contribution >= 4 is 29.4 Å². The number of amides is 1. The van der Waals surface area contributed by atoms with Gasteiger partial charge in [0.05, 0.1) is 16.6 Å². The van der Waals surface area contributed by atoms with Crippen molar-refractivity contribution in [3.05, 3.63) is 23.0 Å². The van der Waals surface area contributed by atoms with Crippen molar-refractivity contribution in [2.45, 2.75) is 26.8 Å². The number of aromatic nitrogens is 2. The lowest BCUT2D eigenvalue weighted by molar-refractivity contribution is 0.0657. The van der Waals surface area contributed by atoms with Crippen LogP contribution in [0, 0.1) is 13.8 Å². The molecule has 1 aliphatic rings. The molecule has 0 spiro atoms. The topological polar surface area (TPSA) is 71.3 Å². The van der Waals surface area contributed by atoms with Gasteiger partial charge in [-0.3, -0.25) is 4.79 Å². The van der Waals surface area contributed by atoms with Crippen LogP contribution in [0.15, 0.2) is 10.6 Å². The number of hydrogen-bond donors (Lipinski definition) is 1. The van der Waals surface area contributed by atoms with Crippen LogP contribution in [-0.2, 0) is 0 Å². The second-order valence-corrected chi connectivity index (χ2v) is 5.31. The molecule has 1 N–H and O–H groups in total. The van der Waals surface area contributed by atoms with Crippen LogP contribution in [0.1, 0.15) is 28.7 Å². The summed E-state index contributed by atoms with van der Waals surface area (Å²) in [5.74, 6) is 0.0285. The highest BCUT2D eigenvalue weighted by atomic mass is 35.5. The number of aryl methyl sites for hydroxylation is 2. The Labute approximate surface area is 129 Å². The highest BCUT2D eigenvalue weighted by Gasteiger charge is 2.27. The van der Waals surface area contributed by atoms with Crippen molar-refractivity contribution in [3.8, 4) is 0 Å². The number of pyridine rings is 1. The Morgan fingerprint density at radius 1 is 1.48 bits per heavy atom. The number of halogens is 1. The molecule has 1 saturated heterocycles. The van der Waals surface area contributed by atoms with Gasteiger partial charge in [-0.1, -0.05) is 5.16 Å². The SMILES string of the molecule is Cc1cc(C(=O)N2CCNC[C@H]2C)c2c(C)noc2n1.Cl. The zero-order valence-corrected chi connectivity index (χ0v) is 13.2. The average molecular weight is 311 g/mol. The molecule has 1 fully saturated rings. The Balaban J connectivity index is 0.00000161. The van der Waals surface area contributed by atoms with Gasteiger partial charge in [0.1, 0.15) is 0 Å². The zero-order chi connectivity index (χ0) is 14.3. The number of rotatable bonds is 1. The van der Waals surface area contributed by atoms with E-state index in [1.165, 1.54) is 0 Å². The van der Waals surface area contributed by atoms with E-state index >= 15 is 0 Å². The number of carbonyl (C=O) groups is 1. The van der Waals surface area contributed by atoms with E-state index in [2.05, 4.69) is 22.4 Å². The van der Waals surface area contributed by atoms with Crippen LogP contribution in [0.4, 0.5) is 0 Å². The van der Waals surface area contributed by atoms with Crippen LogP contribution in [0.5, 0.6) is 0 Å². The first-order valence-corrected chi connectivity index (χ1v) is 6.83. The van der Waals surface area contributed by atoms with Crippen molar-refractivity contribution in [2.75, 3.05) is 19.6 Å². The van der Waals surface area contributed by atoms with Gasteiger partial charge in [0, 0.05) is 31.4 Å². The lowest BCUT2D eigenvalue weighted by Crippen LogP contribution is -2.52.